The van der Waals surface area contributed by atoms with Crippen LogP contribution in [0.4, 0.5) is 11.4 Å². The predicted molar refractivity (Wildman–Crippen MR) is 120 cm³/mol. The largest absolute Gasteiger partial charge is 0.375 e. The highest BCUT2D eigenvalue weighted by atomic mass is 16.5. The maximum atomic E-state index is 13.1. The number of morpholine rings is 1. The number of hydrogen-bond donors (Lipinski definition) is 1. The number of aryl methyl sites for hydroxylation is 2. The number of hydrogen-bond acceptors (Lipinski definition) is 7. The fraction of sp³-hybridized carbons (Fsp3) is 0.304. The standard InChI is InChI=1S/C23H24N6O3/c1-14-4-5-17(22-25-16(3)32-27-22)10-19(14)26-23(30)20-12-24-21-11-18(6-7-29(20)21)28-8-9-31-15(2)13-28/h4-7,10-12,15H,8-9,13H2,1-3H3,(H,26,30)/t15-/m0/s1. The summed E-state index contributed by atoms with van der Waals surface area (Å²) in [6, 6.07) is 9.67. The van der Waals surface area contributed by atoms with Gasteiger partial charge in [-0.15, -0.1) is 0 Å². The minimum Gasteiger partial charge on any atom is -0.375 e. The van der Waals surface area contributed by atoms with Crippen LogP contribution >= 0.6 is 0 Å². The van der Waals surface area contributed by atoms with E-state index in [1.54, 1.807) is 17.5 Å². The zero-order valence-corrected chi connectivity index (χ0v) is 18.2. The molecule has 0 bridgehead atoms. The van der Waals surface area contributed by atoms with Gasteiger partial charge in [0.2, 0.25) is 11.7 Å². The summed E-state index contributed by atoms with van der Waals surface area (Å²) in [4.78, 5) is 24.1. The van der Waals surface area contributed by atoms with Gasteiger partial charge in [0.25, 0.3) is 5.91 Å². The number of carbonyl (C=O) groups excluding carboxylic acids is 1. The van der Waals surface area contributed by atoms with Gasteiger partial charge >= 0.3 is 0 Å². The van der Waals surface area contributed by atoms with Crippen molar-refractivity contribution in [2.45, 2.75) is 26.9 Å². The smallest absolute Gasteiger partial charge is 0.274 e. The highest BCUT2D eigenvalue weighted by molar-refractivity contribution is 6.04. The first-order valence-corrected chi connectivity index (χ1v) is 10.5. The third-order valence-corrected chi connectivity index (χ3v) is 5.61. The number of carbonyl (C=O) groups is 1. The number of anilines is 2. The fourth-order valence-corrected chi connectivity index (χ4v) is 3.89. The molecule has 1 aromatic carbocycles. The molecule has 1 amide bonds. The maximum absolute atomic E-state index is 13.1. The zero-order chi connectivity index (χ0) is 22.2. The molecule has 1 saturated heterocycles. The topological polar surface area (TPSA) is 97.8 Å². The first-order valence-electron chi connectivity index (χ1n) is 10.5. The normalized spacial score (nSPS) is 16.5. The van der Waals surface area contributed by atoms with Gasteiger partial charge in [-0.2, -0.15) is 4.98 Å². The van der Waals surface area contributed by atoms with Crippen LogP contribution in [0.5, 0.6) is 0 Å². The Labute approximate surface area is 185 Å². The van der Waals surface area contributed by atoms with Crippen molar-refractivity contribution in [2.75, 3.05) is 29.9 Å². The number of nitrogens with zero attached hydrogens (tertiary/aromatic N) is 5. The van der Waals surface area contributed by atoms with Gasteiger partial charge in [-0.05, 0) is 31.5 Å². The number of amides is 1. The molecule has 1 aliphatic rings. The minimum atomic E-state index is -0.241. The van der Waals surface area contributed by atoms with E-state index >= 15 is 0 Å². The van der Waals surface area contributed by atoms with Crippen LogP contribution in [0.2, 0.25) is 0 Å². The number of rotatable bonds is 4. The van der Waals surface area contributed by atoms with Crippen molar-refractivity contribution in [1.29, 1.82) is 0 Å². The Balaban J connectivity index is 1.39. The molecule has 1 N–H and O–H groups in total. The fourth-order valence-electron chi connectivity index (χ4n) is 3.89. The van der Waals surface area contributed by atoms with Crippen molar-refractivity contribution in [2.24, 2.45) is 0 Å². The molecule has 0 saturated carbocycles. The lowest BCUT2D eigenvalue weighted by atomic mass is 10.1. The molecule has 4 heterocycles. The molecule has 9 heteroatoms. The lowest BCUT2D eigenvalue weighted by Gasteiger charge is -2.32. The van der Waals surface area contributed by atoms with Gasteiger partial charge in [0.15, 0.2) is 0 Å². The molecule has 32 heavy (non-hydrogen) atoms. The zero-order valence-electron chi connectivity index (χ0n) is 18.2. The molecule has 3 aromatic heterocycles. The number of benzene rings is 1. The molecule has 5 rings (SSSR count). The number of imidazole rings is 1. The van der Waals surface area contributed by atoms with Gasteiger partial charge in [0.1, 0.15) is 11.3 Å². The van der Waals surface area contributed by atoms with E-state index in [4.69, 9.17) is 9.26 Å². The van der Waals surface area contributed by atoms with E-state index in [2.05, 4.69) is 32.3 Å². The van der Waals surface area contributed by atoms with Crippen LogP contribution in [0.25, 0.3) is 17.0 Å². The summed E-state index contributed by atoms with van der Waals surface area (Å²) in [7, 11) is 0. The van der Waals surface area contributed by atoms with Crippen molar-refractivity contribution in [3.05, 3.63) is 59.9 Å². The number of nitrogens with one attached hydrogen (secondary N) is 1. The van der Waals surface area contributed by atoms with Crippen LogP contribution in [0.3, 0.4) is 0 Å². The Kier molecular flexibility index (Phi) is 5.10. The van der Waals surface area contributed by atoms with Crippen molar-refractivity contribution in [1.82, 2.24) is 19.5 Å². The number of ether oxygens (including phenoxy) is 1. The van der Waals surface area contributed by atoms with Crippen LogP contribution in [0.1, 0.15) is 28.9 Å². The number of pyridine rings is 1. The Bertz CT molecular complexity index is 1290. The minimum absolute atomic E-state index is 0.191. The van der Waals surface area contributed by atoms with Crippen molar-refractivity contribution in [3.8, 4) is 11.4 Å². The second kappa shape index (κ2) is 8.08. The molecule has 1 aliphatic heterocycles. The average Bonchev–Trinajstić information content (AvgIpc) is 3.41. The Morgan fingerprint density at radius 1 is 1.22 bits per heavy atom. The van der Waals surface area contributed by atoms with Gasteiger partial charge in [-0.3, -0.25) is 9.20 Å². The Morgan fingerprint density at radius 3 is 2.88 bits per heavy atom. The number of fused-ring (bicyclic) bond motifs is 1. The molecule has 0 unspecified atom stereocenters. The first kappa shape index (κ1) is 20.2. The van der Waals surface area contributed by atoms with Gasteiger partial charge in [-0.25, -0.2) is 4.98 Å². The Hall–Kier alpha value is -3.72. The lowest BCUT2D eigenvalue weighted by molar-refractivity contribution is 0.0532. The monoisotopic (exact) mass is 432 g/mol. The molecule has 1 atom stereocenters. The summed E-state index contributed by atoms with van der Waals surface area (Å²) in [6.07, 6.45) is 3.67. The van der Waals surface area contributed by atoms with E-state index in [0.717, 1.165) is 35.6 Å². The summed E-state index contributed by atoms with van der Waals surface area (Å²) in [6.45, 7) is 8.12. The van der Waals surface area contributed by atoms with Crippen LogP contribution in [0, 0.1) is 13.8 Å². The van der Waals surface area contributed by atoms with E-state index in [0.29, 0.717) is 29.7 Å². The molecular formula is C23H24N6O3. The summed E-state index contributed by atoms with van der Waals surface area (Å²) in [5.41, 5.74) is 4.64. The molecule has 0 spiro atoms. The van der Waals surface area contributed by atoms with Gasteiger partial charge in [0.05, 0.1) is 18.9 Å². The summed E-state index contributed by atoms with van der Waals surface area (Å²) >= 11 is 0. The average molecular weight is 432 g/mol. The van der Waals surface area contributed by atoms with Crippen LogP contribution in [-0.2, 0) is 4.74 Å². The first-order chi connectivity index (χ1) is 15.5. The van der Waals surface area contributed by atoms with Crippen molar-refractivity contribution in [3.63, 3.8) is 0 Å². The van der Waals surface area contributed by atoms with E-state index < -0.39 is 0 Å². The number of aromatic nitrogens is 4. The van der Waals surface area contributed by atoms with Gasteiger partial charge < -0.3 is 19.5 Å². The van der Waals surface area contributed by atoms with E-state index in [-0.39, 0.29) is 12.0 Å². The molecule has 0 radical (unpaired) electrons. The van der Waals surface area contributed by atoms with Crippen LogP contribution in [-0.4, -0.2) is 51.2 Å². The molecule has 4 aromatic rings. The predicted octanol–water partition coefficient (Wildman–Crippen LogP) is 3.48. The van der Waals surface area contributed by atoms with Crippen molar-refractivity contribution >= 4 is 22.9 Å². The van der Waals surface area contributed by atoms with Crippen LogP contribution < -0.4 is 10.2 Å². The summed E-state index contributed by atoms with van der Waals surface area (Å²) in [5.74, 6) is 0.732. The molecule has 164 valence electrons. The highest BCUT2D eigenvalue weighted by Gasteiger charge is 2.19. The molecule has 1 fully saturated rings. The van der Waals surface area contributed by atoms with Gasteiger partial charge in [-0.1, -0.05) is 17.3 Å². The van der Waals surface area contributed by atoms with Gasteiger partial charge in [0, 0.05) is 49.2 Å². The molecular weight excluding hydrogens is 408 g/mol. The van der Waals surface area contributed by atoms with E-state index in [1.807, 2.05) is 43.5 Å². The SMILES string of the molecule is Cc1nc(-c2ccc(C)c(NC(=O)c3cnc4cc(N5CCO[C@@H](C)C5)ccn34)c2)no1. The van der Waals surface area contributed by atoms with Crippen molar-refractivity contribution < 1.29 is 14.1 Å². The third-order valence-electron chi connectivity index (χ3n) is 5.61. The second-order valence-electron chi connectivity index (χ2n) is 8.00. The van der Waals surface area contributed by atoms with E-state index in [1.165, 1.54) is 0 Å². The summed E-state index contributed by atoms with van der Waals surface area (Å²) in [5, 5.41) is 6.95. The quantitative estimate of drug-likeness (QED) is 0.527. The van der Waals surface area contributed by atoms with Crippen LogP contribution in [0.15, 0.2) is 47.2 Å². The highest BCUT2D eigenvalue weighted by Crippen LogP contribution is 2.25. The lowest BCUT2D eigenvalue weighted by Crippen LogP contribution is -2.41. The maximum Gasteiger partial charge on any atom is 0.274 e. The Morgan fingerprint density at radius 2 is 2.09 bits per heavy atom. The molecule has 9 nitrogen and oxygen atoms in total. The van der Waals surface area contributed by atoms with E-state index in [9.17, 15) is 4.79 Å². The second-order valence-corrected chi connectivity index (χ2v) is 8.00. The molecule has 0 aliphatic carbocycles. The summed E-state index contributed by atoms with van der Waals surface area (Å²) < 4.78 is 12.5. The third kappa shape index (κ3) is 3.82.